The first-order valence-electron chi connectivity index (χ1n) is 9.76. The minimum atomic E-state index is -0.259. The Morgan fingerprint density at radius 3 is 2.80 bits per heavy atom. The molecule has 3 aromatic rings. The Kier molecular flexibility index (Phi) is 4.88. The minimum Gasteiger partial charge on any atom is -0.337 e. The molecule has 7 nitrogen and oxygen atoms in total. The van der Waals surface area contributed by atoms with Crippen LogP contribution in [0.3, 0.4) is 0 Å². The van der Waals surface area contributed by atoms with E-state index >= 15 is 0 Å². The first-order chi connectivity index (χ1) is 14.6. The number of nitrogens with zero attached hydrogens (tertiary/aromatic N) is 4. The molecule has 5 rings (SSSR count). The second-order valence-electron chi connectivity index (χ2n) is 7.45. The number of carbonyl (C=O) groups excluding carboxylic acids is 1. The Morgan fingerprint density at radius 2 is 1.97 bits per heavy atom. The molecule has 0 aliphatic carbocycles. The molecule has 0 spiro atoms. The second-order valence-corrected chi connectivity index (χ2v) is 8.31. The maximum absolute atomic E-state index is 13.1. The van der Waals surface area contributed by atoms with E-state index in [1.165, 1.54) is 11.1 Å². The van der Waals surface area contributed by atoms with Gasteiger partial charge in [0.25, 0.3) is 5.91 Å². The molecule has 1 amide bonds. The smallest absolute Gasteiger partial charge is 0.251 e. The van der Waals surface area contributed by atoms with E-state index in [4.69, 9.17) is 4.52 Å². The molecule has 1 saturated heterocycles. The van der Waals surface area contributed by atoms with E-state index in [9.17, 15) is 4.79 Å². The van der Waals surface area contributed by atoms with Crippen molar-refractivity contribution < 1.29 is 9.32 Å². The molecule has 2 aliphatic rings. The molecule has 8 heteroatoms. The first kappa shape index (κ1) is 19.0. The van der Waals surface area contributed by atoms with Gasteiger partial charge in [-0.1, -0.05) is 57.5 Å². The Labute approximate surface area is 182 Å². The molecule has 2 atom stereocenters. The van der Waals surface area contributed by atoms with Crippen molar-refractivity contribution in [3.63, 3.8) is 0 Å². The van der Waals surface area contributed by atoms with Crippen LogP contribution in [0.2, 0.25) is 0 Å². The van der Waals surface area contributed by atoms with E-state index in [1.54, 1.807) is 11.1 Å². The molecule has 2 unspecified atom stereocenters. The van der Waals surface area contributed by atoms with E-state index in [0.717, 1.165) is 10.0 Å². The molecule has 2 aromatic carbocycles. The topological polar surface area (TPSA) is 74.5 Å². The summed E-state index contributed by atoms with van der Waals surface area (Å²) in [5.41, 5.74) is 6.72. The monoisotopic (exact) mass is 465 g/mol. The highest BCUT2D eigenvalue weighted by Gasteiger charge is 2.40. The molecule has 2 aliphatic heterocycles. The van der Waals surface area contributed by atoms with Gasteiger partial charge in [-0.2, -0.15) is 4.98 Å². The predicted molar refractivity (Wildman–Crippen MR) is 114 cm³/mol. The van der Waals surface area contributed by atoms with Crippen molar-refractivity contribution in [2.24, 2.45) is 0 Å². The first-order valence-corrected chi connectivity index (χ1v) is 10.6. The molecule has 152 valence electrons. The summed E-state index contributed by atoms with van der Waals surface area (Å²) < 4.78 is 6.29. The van der Waals surface area contributed by atoms with Gasteiger partial charge in [0, 0.05) is 22.4 Å². The summed E-state index contributed by atoms with van der Waals surface area (Å²) in [7, 11) is 0. The van der Waals surface area contributed by atoms with Crippen LogP contribution < -0.4 is 5.43 Å². The third-order valence-electron chi connectivity index (χ3n) is 5.53. The van der Waals surface area contributed by atoms with Gasteiger partial charge < -0.3 is 14.4 Å². The number of hydrazine groups is 1. The molecular formula is C22H20BrN5O2. The van der Waals surface area contributed by atoms with Crippen LogP contribution in [0, 0.1) is 6.92 Å². The summed E-state index contributed by atoms with van der Waals surface area (Å²) in [4.78, 5) is 19.2. The lowest BCUT2D eigenvalue weighted by atomic mass is 9.97. The van der Waals surface area contributed by atoms with E-state index in [-0.39, 0.29) is 24.5 Å². The number of hydrogen-bond donors (Lipinski definition) is 1. The number of benzene rings is 2. The Bertz CT molecular complexity index is 1130. The van der Waals surface area contributed by atoms with Crippen LogP contribution in [0.1, 0.15) is 29.5 Å². The maximum Gasteiger partial charge on any atom is 0.251 e. The van der Waals surface area contributed by atoms with Gasteiger partial charge in [-0.25, -0.2) is 5.43 Å². The largest absolute Gasteiger partial charge is 0.337 e. The van der Waals surface area contributed by atoms with E-state index in [2.05, 4.69) is 50.6 Å². The Hall–Kier alpha value is -2.97. The van der Waals surface area contributed by atoms with Gasteiger partial charge >= 0.3 is 0 Å². The number of aromatic nitrogens is 2. The Balaban J connectivity index is 1.31. The highest BCUT2D eigenvalue weighted by Crippen LogP contribution is 2.32. The number of hydrogen-bond acceptors (Lipinski definition) is 6. The van der Waals surface area contributed by atoms with Gasteiger partial charge in [0.05, 0.1) is 6.04 Å². The average Bonchev–Trinajstić information content (AvgIpc) is 3.38. The zero-order valence-electron chi connectivity index (χ0n) is 16.3. The number of nitrogens with one attached hydrogen (secondary N) is 1. The normalized spacial score (nSPS) is 20.7. The molecule has 1 fully saturated rings. The van der Waals surface area contributed by atoms with E-state index in [0.29, 0.717) is 18.1 Å². The van der Waals surface area contributed by atoms with Crippen molar-refractivity contribution in [1.82, 2.24) is 25.5 Å². The van der Waals surface area contributed by atoms with E-state index < -0.39 is 0 Å². The fourth-order valence-corrected chi connectivity index (χ4v) is 4.43. The molecular weight excluding hydrogens is 446 g/mol. The lowest BCUT2D eigenvalue weighted by Crippen LogP contribution is -2.47. The molecule has 0 bridgehead atoms. The van der Waals surface area contributed by atoms with Crippen LogP contribution in [-0.4, -0.2) is 32.0 Å². The molecule has 30 heavy (non-hydrogen) atoms. The molecule has 0 radical (unpaired) electrons. The van der Waals surface area contributed by atoms with Gasteiger partial charge in [0.1, 0.15) is 12.6 Å². The molecule has 1 aromatic heterocycles. The number of aryl methyl sites for hydroxylation is 1. The van der Waals surface area contributed by atoms with Crippen LogP contribution in [-0.2, 0) is 11.3 Å². The standard InChI is InChI=1S/C22H20BrN5O2/c1-14-6-2-3-7-15(14)18-12-19-22(29)27(10-11-28(19)25-18)13-20-24-21(26-30-20)16-8-4-5-9-17(16)23/h2-11,18-19,25H,12-13H2,1H3. The van der Waals surface area contributed by atoms with Crippen molar-refractivity contribution in [2.75, 3.05) is 0 Å². The quantitative estimate of drug-likeness (QED) is 0.628. The SMILES string of the molecule is Cc1ccccc1C1CC2C(=O)N(Cc3nc(-c4ccccc4Br)no3)C=CN2N1. The number of amides is 1. The third-order valence-corrected chi connectivity index (χ3v) is 6.22. The number of halogens is 1. The highest BCUT2D eigenvalue weighted by atomic mass is 79.9. The molecule has 3 heterocycles. The van der Waals surface area contributed by atoms with Crippen molar-refractivity contribution in [3.05, 3.63) is 82.4 Å². The van der Waals surface area contributed by atoms with Crippen molar-refractivity contribution in [1.29, 1.82) is 0 Å². The van der Waals surface area contributed by atoms with Crippen molar-refractivity contribution in [2.45, 2.75) is 32.0 Å². The summed E-state index contributed by atoms with van der Waals surface area (Å²) in [5.74, 6) is 0.907. The van der Waals surface area contributed by atoms with Gasteiger partial charge in [-0.15, -0.1) is 0 Å². The predicted octanol–water partition coefficient (Wildman–Crippen LogP) is 3.94. The van der Waals surface area contributed by atoms with Crippen LogP contribution >= 0.6 is 15.9 Å². The molecule has 1 N–H and O–H groups in total. The summed E-state index contributed by atoms with van der Waals surface area (Å²) in [6.45, 7) is 2.34. The number of carbonyl (C=O) groups is 1. The van der Waals surface area contributed by atoms with Crippen LogP contribution in [0.4, 0.5) is 0 Å². The van der Waals surface area contributed by atoms with Crippen molar-refractivity contribution >= 4 is 21.8 Å². The molecule has 0 saturated carbocycles. The van der Waals surface area contributed by atoms with E-state index in [1.807, 2.05) is 47.6 Å². The second kappa shape index (κ2) is 7.70. The van der Waals surface area contributed by atoms with Crippen LogP contribution in [0.25, 0.3) is 11.4 Å². The summed E-state index contributed by atoms with van der Waals surface area (Å²) in [5, 5.41) is 5.96. The average molecular weight is 466 g/mol. The van der Waals surface area contributed by atoms with Crippen LogP contribution in [0.15, 0.2) is 69.9 Å². The van der Waals surface area contributed by atoms with Crippen LogP contribution in [0.5, 0.6) is 0 Å². The number of fused-ring (bicyclic) bond motifs is 1. The zero-order valence-corrected chi connectivity index (χ0v) is 17.9. The highest BCUT2D eigenvalue weighted by molar-refractivity contribution is 9.10. The summed E-state index contributed by atoms with van der Waals surface area (Å²) in [6.07, 6.45) is 4.36. The summed E-state index contributed by atoms with van der Waals surface area (Å²) >= 11 is 3.50. The fraction of sp³-hybridized carbons (Fsp3) is 0.227. The summed E-state index contributed by atoms with van der Waals surface area (Å²) in [6, 6.07) is 15.8. The van der Waals surface area contributed by atoms with Gasteiger partial charge in [0.15, 0.2) is 0 Å². The van der Waals surface area contributed by atoms with Gasteiger partial charge in [0.2, 0.25) is 11.7 Å². The van der Waals surface area contributed by atoms with Gasteiger partial charge in [-0.05, 0) is 36.6 Å². The Morgan fingerprint density at radius 1 is 1.17 bits per heavy atom. The zero-order chi connectivity index (χ0) is 20.7. The fourth-order valence-electron chi connectivity index (χ4n) is 3.96. The third kappa shape index (κ3) is 3.42. The van der Waals surface area contributed by atoms with Gasteiger partial charge in [-0.3, -0.25) is 4.79 Å². The lowest BCUT2D eigenvalue weighted by Gasteiger charge is -2.30. The minimum absolute atomic E-state index is 0.0155. The van der Waals surface area contributed by atoms with Crippen molar-refractivity contribution in [3.8, 4) is 11.4 Å². The number of rotatable bonds is 4. The lowest BCUT2D eigenvalue weighted by molar-refractivity contribution is -0.135. The maximum atomic E-state index is 13.1.